The number of carbonyl (C=O) groups excluding carboxylic acids is 1. The van der Waals surface area contributed by atoms with Crippen molar-refractivity contribution in [2.75, 3.05) is 20.8 Å². The second kappa shape index (κ2) is 9.02. The first kappa shape index (κ1) is 20.0. The highest BCUT2D eigenvalue weighted by Gasteiger charge is 2.52. The Morgan fingerprint density at radius 3 is 2.24 bits per heavy atom. The summed E-state index contributed by atoms with van der Waals surface area (Å²) in [6, 6.07) is 18.4. The molecule has 0 saturated carbocycles. The molecule has 1 unspecified atom stereocenters. The lowest BCUT2D eigenvalue weighted by Crippen LogP contribution is -2.63. The number of carbonyl (C=O) groups is 1. The van der Waals surface area contributed by atoms with E-state index in [1.807, 2.05) is 36.4 Å². The van der Waals surface area contributed by atoms with E-state index in [-0.39, 0.29) is 0 Å². The van der Waals surface area contributed by atoms with Crippen molar-refractivity contribution in [2.24, 2.45) is 0 Å². The van der Waals surface area contributed by atoms with Crippen LogP contribution < -0.4 is 0 Å². The van der Waals surface area contributed by atoms with Crippen LogP contribution in [0.2, 0.25) is 0 Å². The molecule has 6 atom stereocenters. The molecular weight excluding hydrogens is 376 g/mol. The Morgan fingerprint density at radius 1 is 0.897 bits per heavy atom. The number of fused-ring (bicyclic) bond motifs is 1. The molecule has 29 heavy (non-hydrogen) atoms. The summed E-state index contributed by atoms with van der Waals surface area (Å²) in [6.07, 6.45) is -3.62. The minimum Gasteiger partial charge on any atom is -0.450 e. The second-order valence-corrected chi connectivity index (χ2v) is 6.89. The molecule has 4 rings (SSSR count). The van der Waals surface area contributed by atoms with Gasteiger partial charge in [0.05, 0.1) is 12.2 Å². The zero-order valence-electron chi connectivity index (χ0n) is 16.3. The summed E-state index contributed by atoms with van der Waals surface area (Å²) >= 11 is 0. The monoisotopic (exact) mass is 400 g/mol. The van der Waals surface area contributed by atoms with E-state index in [9.17, 15) is 4.79 Å². The molecule has 0 bridgehead atoms. The largest absolute Gasteiger partial charge is 0.450 e. The molecule has 0 spiro atoms. The van der Waals surface area contributed by atoms with E-state index in [1.165, 1.54) is 7.11 Å². The van der Waals surface area contributed by atoms with E-state index in [1.54, 1.807) is 31.4 Å². The molecule has 7 nitrogen and oxygen atoms in total. The topological polar surface area (TPSA) is 72.5 Å². The average molecular weight is 400 g/mol. The fourth-order valence-electron chi connectivity index (χ4n) is 3.68. The van der Waals surface area contributed by atoms with Gasteiger partial charge in [0.25, 0.3) is 0 Å². The average Bonchev–Trinajstić information content (AvgIpc) is 2.79. The van der Waals surface area contributed by atoms with Crippen molar-refractivity contribution in [1.82, 2.24) is 0 Å². The first-order chi connectivity index (χ1) is 14.2. The molecule has 2 fully saturated rings. The summed E-state index contributed by atoms with van der Waals surface area (Å²) < 4.78 is 34.9. The van der Waals surface area contributed by atoms with Gasteiger partial charge in [0, 0.05) is 19.8 Å². The molecule has 2 saturated heterocycles. The van der Waals surface area contributed by atoms with E-state index < -0.39 is 43.0 Å². The molecule has 2 aliphatic rings. The fraction of sp³-hybridized carbons (Fsp3) is 0.409. The molecule has 154 valence electrons. The Kier molecular flexibility index (Phi) is 6.22. The minimum absolute atomic E-state index is 0.309. The van der Waals surface area contributed by atoms with Gasteiger partial charge in [0.1, 0.15) is 18.3 Å². The molecule has 7 heteroatoms. The Bertz CT molecular complexity index is 797. The predicted octanol–water partition coefficient (Wildman–Crippen LogP) is 2.71. The van der Waals surface area contributed by atoms with Crippen LogP contribution in [0.1, 0.15) is 22.2 Å². The van der Waals surface area contributed by atoms with Gasteiger partial charge < -0.3 is 28.4 Å². The van der Waals surface area contributed by atoms with E-state index in [0.717, 1.165) is 5.56 Å². The van der Waals surface area contributed by atoms with Crippen LogP contribution in [-0.4, -0.2) is 57.5 Å². The van der Waals surface area contributed by atoms with E-state index in [0.29, 0.717) is 12.2 Å². The van der Waals surface area contributed by atoms with Crippen LogP contribution in [0.25, 0.3) is 0 Å². The smallest absolute Gasteiger partial charge is 0.338 e. The number of hydrogen-bond acceptors (Lipinski definition) is 7. The number of rotatable bonds is 5. The van der Waals surface area contributed by atoms with Crippen molar-refractivity contribution >= 4 is 5.97 Å². The van der Waals surface area contributed by atoms with Crippen LogP contribution >= 0.6 is 0 Å². The van der Waals surface area contributed by atoms with Gasteiger partial charge in [0.2, 0.25) is 0 Å². The van der Waals surface area contributed by atoms with Crippen molar-refractivity contribution in [3.63, 3.8) is 0 Å². The summed E-state index contributed by atoms with van der Waals surface area (Å²) in [5.74, 6) is -0.478. The Balaban J connectivity index is 1.54. The Morgan fingerprint density at radius 2 is 1.59 bits per heavy atom. The summed E-state index contributed by atoms with van der Waals surface area (Å²) in [5.41, 5.74) is 1.34. The summed E-state index contributed by atoms with van der Waals surface area (Å²) in [4.78, 5) is 12.6. The van der Waals surface area contributed by atoms with Crippen LogP contribution in [0, 0.1) is 0 Å². The van der Waals surface area contributed by atoms with Gasteiger partial charge in [0.15, 0.2) is 18.7 Å². The third-order valence-electron chi connectivity index (χ3n) is 5.11. The van der Waals surface area contributed by atoms with Crippen LogP contribution in [0.4, 0.5) is 0 Å². The number of hydrogen-bond donors (Lipinski definition) is 0. The predicted molar refractivity (Wildman–Crippen MR) is 102 cm³/mol. The quantitative estimate of drug-likeness (QED) is 0.715. The molecular formula is C22H24O7. The third kappa shape index (κ3) is 4.19. The third-order valence-corrected chi connectivity index (χ3v) is 5.11. The zero-order valence-corrected chi connectivity index (χ0v) is 16.3. The van der Waals surface area contributed by atoms with Gasteiger partial charge in [-0.1, -0.05) is 48.5 Å². The van der Waals surface area contributed by atoms with Gasteiger partial charge in [-0.15, -0.1) is 0 Å². The van der Waals surface area contributed by atoms with E-state index in [4.69, 9.17) is 28.4 Å². The molecule has 0 aliphatic carbocycles. The van der Waals surface area contributed by atoms with Crippen molar-refractivity contribution < 1.29 is 33.2 Å². The Labute approximate surface area is 169 Å². The summed E-state index contributed by atoms with van der Waals surface area (Å²) in [7, 11) is 3.05. The van der Waals surface area contributed by atoms with E-state index >= 15 is 0 Å². The first-order valence-corrected chi connectivity index (χ1v) is 9.50. The van der Waals surface area contributed by atoms with E-state index in [2.05, 4.69) is 0 Å². The van der Waals surface area contributed by atoms with Gasteiger partial charge in [-0.3, -0.25) is 0 Å². The molecule has 0 radical (unpaired) electrons. The molecule has 0 aromatic heterocycles. The second-order valence-electron chi connectivity index (χ2n) is 6.89. The number of esters is 1. The molecule has 2 heterocycles. The summed E-state index contributed by atoms with van der Waals surface area (Å²) in [6.45, 7) is 0.309. The maximum atomic E-state index is 12.6. The van der Waals surface area contributed by atoms with Crippen LogP contribution in [0.3, 0.4) is 0 Å². The van der Waals surface area contributed by atoms with Crippen molar-refractivity contribution in [3.05, 3.63) is 71.8 Å². The number of ether oxygens (including phenoxy) is 6. The van der Waals surface area contributed by atoms with Gasteiger partial charge in [-0.25, -0.2) is 4.79 Å². The molecule has 0 N–H and O–H groups in total. The first-order valence-electron chi connectivity index (χ1n) is 9.50. The van der Waals surface area contributed by atoms with Crippen molar-refractivity contribution in [3.8, 4) is 0 Å². The fourth-order valence-corrected chi connectivity index (χ4v) is 3.68. The van der Waals surface area contributed by atoms with Crippen LogP contribution in [0.5, 0.6) is 0 Å². The molecule has 2 aromatic carbocycles. The SMILES string of the molecule is CO[C@@H]1O[C@@H]2COC(c3ccccc3)O[C@H]2[C@H](OC)[C@H]1OC(=O)c1ccccc1. The van der Waals surface area contributed by atoms with Crippen LogP contribution in [0.15, 0.2) is 60.7 Å². The Hall–Kier alpha value is -2.29. The minimum atomic E-state index is -0.798. The highest BCUT2D eigenvalue weighted by Crippen LogP contribution is 2.36. The number of benzene rings is 2. The lowest BCUT2D eigenvalue weighted by molar-refractivity contribution is -0.359. The van der Waals surface area contributed by atoms with Crippen LogP contribution in [-0.2, 0) is 28.4 Å². The van der Waals surface area contributed by atoms with Gasteiger partial charge >= 0.3 is 5.97 Å². The molecule has 0 amide bonds. The normalized spacial score (nSPS) is 31.7. The lowest BCUT2D eigenvalue weighted by Gasteiger charge is -2.47. The van der Waals surface area contributed by atoms with Gasteiger partial charge in [-0.2, -0.15) is 0 Å². The maximum Gasteiger partial charge on any atom is 0.338 e. The highest BCUT2D eigenvalue weighted by atomic mass is 16.8. The molecule has 2 aromatic rings. The maximum absolute atomic E-state index is 12.6. The highest BCUT2D eigenvalue weighted by molar-refractivity contribution is 5.89. The van der Waals surface area contributed by atoms with Crippen molar-refractivity contribution in [2.45, 2.75) is 37.0 Å². The van der Waals surface area contributed by atoms with Crippen molar-refractivity contribution in [1.29, 1.82) is 0 Å². The molecule has 2 aliphatic heterocycles. The lowest BCUT2D eigenvalue weighted by atomic mass is 9.97. The summed E-state index contributed by atoms with van der Waals surface area (Å²) in [5, 5.41) is 0. The number of methoxy groups -OCH3 is 2. The zero-order chi connectivity index (χ0) is 20.2. The standard InChI is InChI=1S/C22H24O7/c1-24-18-17-16(13-26-21(29-17)15-11-7-4-8-12-15)27-22(25-2)19(18)28-20(23)14-9-5-3-6-10-14/h3-12,16-19,21-22H,13H2,1-2H3/t16-,17-,18+,19-,21?,22-/m1/s1. The van der Waals surface area contributed by atoms with Gasteiger partial charge in [-0.05, 0) is 12.1 Å².